The van der Waals surface area contributed by atoms with E-state index in [1.165, 1.54) is 0 Å². The lowest BCUT2D eigenvalue weighted by molar-refractivity contribution is -0.151. The van der Waals surface area contributed by atoms with Crippen molar-refractivity contribution in [2.24, 2.45) is 0 Å². The molecule has 0 aliphatic carbocycles. The number of benzene rings is 1. The second-order valence-electron chi connectivity index (χ2n) is 6.72. The van der Waals surface area contributed by atoms with E-state index in [1.807, 2.05) is 38.1 Å². The number of hydrogen-bond donors (Lipinski definition) is 2. The van der Waals surface area contributed by atoms with Gasteiger partial charge in [0.25, 0.3) is 5.91 Å². The fraction of sp³-hybridized carbons (Fsp3) is 0.400. The Hall–Kier alpha value is -2.24. The molecule has 0 spiro atoms. The molecule has 5 nitrogen and oxygen atoms in total. The molecule has 3 rings (SSSR count). The van der Waals surface area contributed by atoms with Crippen LogP contribution in [0.5, 0.6) is 0 Å². The summed E-state index contributed by atoms with van der Waals surface area (Å²) < 4.78 is 6.04. The van der Waals surface area contributed by atoms with Crippen LogP contribution in [0, 0.1) is 0 Å². The van der Waals surface area contributed by atoms with E-state index in [2.05, 4.69) is 27.8 Å². The fourth-order valence-corrected chi connectivity index (χ4v) is 3.19. The fourth-order valence-electron chi connectivity index (χ4n) is 3.19. The van der Waals surface area contributed by atoms with E-state index < -0.39 is 5.60 Å². The largest absolute Gasteiger partial charge is 0.362 e. The molecule has 2 aromatic rings. The quantitative estimate of drug-likeness (QED) is 0.876. The van der Waals surface area contributed by atoms with Gasteiger partial charge in [0.2, 0.25) is 0 Å². The van der Waals surface area contributed by atoms with E-state index in [4.69, 9.17) is 4.74 Å². The van der Waals surface area contributed by atoms with Gasteiger partial charge in [-0.3, -0.25) is 9.78 Å². The van der Waals surface area contributed by atoms with Gasteiger partial charge in [-0.1, -0.05) is 24.3 Å². The normalized spacial score (nSPS) is 20.4. The van der Waals surface area contributed by atoms with Crippen molar-refractivity contribution in [3.05, 3.63) is 54.4 Å². The highest BCUT2D eigenvalue weighted by Gasteiger charge is 2.42. The molecule has 1 aromatic carbocycles. The van der Waals surface area contributed by atoms with Gasteiger partial charge in [0.05, 0.1) is 6.61 Å². The molecule has 1 aromatic heterocycles. The monoisotopic (exact) mass is 339 g/mol. The van der Waals surface area contributed by atoms with E-state index in [0.29, 0.717) is 19.6 Å². The summed E-state index contributed by atoms with van der Waals surface area (Å²) in [6, 6.07) is 12.2. The number of aromatic nitrogens is 1. The first-order valence-electron chi connectivity index (χ1n) is 8.75. The molecule has 1 amide bonds. The Balaban J connectivity index is 1.94. The highest BCUT2D eigenvalue weighted by atomic mass is 16.5. The van der Waals surface area contributed by atoms with Crippen molar-refractivity contribution in [1.29, 1.82) is 0 Å². The molecule has 0 bridgehead atoms. The van der Waals surface area contributed by atoms with Crippen LogP contribution in [0.3, 0.4) is 0 Å². The number of nitrogens with zero attached hydrogens (tertiary/aromatic N) is 1. The Labute approximate surface area is 148 Å². The number of amides is 1. The van der Waals surface area contributed by atoms with Gasteiger partial charge in [-0.05, 0) is 42.7 Å². The lowest BCUT2D eigenvalue weighted by atomic mass is 9.87. The first-order valence-corrected chi connectivity index (χ1v) is 8.75. The Morgan fingerprint density at radius 3 is 2.72 bits per heavy atom. The van der Waals surface area contributed by atoms with E-state index in [9.17, 15) is 4.79 Å². The lowest BCUT2D eigenvalue weighted by Gasteiger charge is -2.37. The average molecular weight is 339 g/mol. The van der Waals surface area contributed by atoms with Crippen molar-refractivity contribution < 1.29 is 9.53 Å². The summed E-state index contributed by atoms with van der Waals surface area (Å²) in [5.41, 5.74) is 2.41. The van der Waals surface area contributed by atoms with Crippen LogP contribution in [-0.2, 0) is 16.0 Å². The number of carbonyl (C=O) groups is 1. The molecule has 2 heterocycles. The molecule has 132 valence electrons. The molecule has 1 fully saturated rings. The summed E-state index contributed by atoms with van der Waals surface area (Å²) in [6.45, 7) is 5.74. The maximum Gasteiger partial charge on any atom is 0.254 e. The van der Waals surface area contributed by atoms with Gasteiger partial charge < -0.3 is 15.4 Å². The van der Waals surface area contributed by atoms with E-state index in [0.717, 1.165) is 23.2 Å². The van der Waals surface area contributed by atoms with Crippen molar-refractivity contribution in [3.63, 3.8) is 0 Å². The molecule has 0 radical (unpaired) electrons. The van der Waals surface area contributed by atoms with Crippen LogP contribution in [-0.4, -0.2) is 42.2 Å². The van der Waals surface area contributed by atoms with Crippen molar-refractivity contribution in [3.8, 4) is 11.1 Å². The summed E-state index contributed by atoms with van der Waals surface area (Å²) >= 11 is 0. The third kappa shape index (κ3) is 4.06. The zero-order valence-corrected chi connectivity index (χ0v) is 14.8. The minimum atomic E-state index is -0.883. The van der Waals surface area contributed by atoms with Crippen LogP contribution < -0.4 is 10.6 Å². The van der Waals surface area contributed by atoms with Crippen molar-refractivity contribution in [1.82, 2.24) is 15.6 Å². The topological polar surface area (TPSA) is 63.2 Å². The van der Waals surface area contributed by atoms with Gasteiger partial charge >= 0.3 is 0 Å². The molecule has 5 heteroatoms. The molecule has 1 aliphatic rings. The maximum absolute atomic E-state index is 12.9. The summed E-state index contributed by atoms with van der Waals surface area (Å²) in [5, 5.41) is 6.33. The molecule has 1 aliphatic heterocycles. The minimum absolute atomic E-state index is 0.0563. The summed E-state index contributed by atoms with van der Waals surface area (Å²) in [4.78, 5) is 17.0. The Kier molecular flexibility index (Phi) is 5.46. The number of ether oxygens (including phenoxy) is 1. The van der Waals surface area contributed by atoms with Crippen molar-refractivity contribution in [2.75, 3.05) is 19.7 Å². The SMILES string of the molecule is CC(C)NC(=O)[C@]1(Cc2ccccc2-c2ccncc2)CNCCO1. The molecule has 1 saturated heterocycles. The number of hydrogen-bond acceptors (Lipinski definition) is 4. The van der Waals surface area contributed by atoms with E-state index >= 15 is 0 Å². The second-order valence-corrected chi connectivity index (χ2v) is 6.72. The van der Waals surface area contributed by atoms with Gasteiger partial charge in [0.15, 0.2) is 5.60 Å². The predicted octanol–water partition coefficient (Wildman–Crippen LogP) is 2.17. The first kappa shape index (κ1) is 17.6. The zero-order valence-electron chi connectivity index (χ0n) is 14.8. The van der Waals surface area contributed by atoms with Crippen LogP contribution in [0.1, 0.15) is 19.4 Å². The summed E-state index contributed by atoms with van der Waals surface area (Å²) in [5.74, 6) is -0.0563. The van der Waals surface area contributed by atoms with Crippen LogP contribution in [0.15, 0.2) is 48.8 Å². The van der Waals surface area contributed by atoms with Crippen molar-refractivity contribution in [2.45, 2.75) is 31.9 Å². The van der Waals surface area contributed by atoms with Crippen molar-refractivity contribution >= 4 is 5.91 Å². The third-order valence-electron chi connectivity index (χ3n) is 4.39. The van der Waals surface area contributed by atoms with Crippen LogP contribution in [0.25, 0.3) is 11.1 Å². The highest BCUT2D eigenvalue weighted by Crippen LogP contribution is 2.28. The standard InChI is InChI=1S/C20H25N3O2/c1-15(2)23-19(24)20(14-22-11-12-25-20)13-17-5-3-4-6-18(17)16-7-9-21-10-8-16/h3-10,15,22H,11-14H2,1-2H3,(H,23,24)/t20-/m0/s1. The summed E-state index contributed by atoms with van der Waals surface area (Å²) in [6.07, 6.45) is 4.09. The van der Waals surface area contributed by atoms with Gasteiger partial charge in [0, 0.05) is 37.9 Å². The lowest BCUT2D eigenvalue weighted by Crippen LogP contribution is -2.61. The Morgan fingerprint density at radius 2 is 2.04 bits per heavy atom. The molecule has 25 heavy (non-hydrogen) atoms. The molecular formula is C20H25N3O2. The van der Waals surface area contributed by atoms with Gasteiger partial charge in [-0.25, -0.2) is 0 Å². The molecule has 0 saturated carbocycles. The summed E-state index contributed by atoms with van der Waals surface area (Å²) in [7, 11) is 0. The minimum Gasteiger partial charge on any atom is -0.362 e. The van der Waals surface area contributed by atoms with Gasteiger partial charge in [-0.2, -0.15) is 0 Å². The van der Waals surface area contributed by atoms with Crippen LogP contribution >= 0.6 is 0 Å². The zero-order chi connectivity index (χ0) is 17.7. The third-order valence-corrected chi connectivity index (χ3v) is 4.39. The van der Waals surface area contributed by atoms with E-state index in [-0.39, 0.29) is 11.9 Å². The molecule has 0 unspecified atom stereocenters. The van der Waals surface area contributed by atoms with E-state index in [1.54, 1.807) is 12.4 Å². The average Bonchev–Trinajstić information content (AvgIpc) is 2.63. The van der Waals surface area contributed by atoms with Crippen LogP contribution in [0.4, 0.5) is 0 Å². The number of nitrogens with one attached hydrogen (secondary N) is 2. The number of rotatable bonds is 5. The first-order chi connectivity index (χ1) is 12.1. The molecule has 1 atom stereocenters. The van der Waals surface area contributed by atoms with Gasteiger partial charge in [0.1, 0.15) is 0 Å². The smallest absolute Gasteiger partial charge is 0.254 e. The molecule has 2 N–H and O–H groups in total. The maximum atomic E-state index is 12.9. The Morgan fingerprint density at radius 1 is 1.28 bits per heavy atom. The predicted molar refractivity (Wildman–Crippen MR) is 98.2 cm³/mol. The number of carbonyl (C=O) groups excluding carboxylic acids is 1. The Bertz CT molecular complexity index is 710. The number of morpholine rings is 1. The molecular weight excluding hydrogens is 314 g/mol. The second kappa shape index (κ2) is 7.76. The van der Waals surface area contributed by atoms with Crippen LogP contribution in [0.2, 0.25) is 0 Å². The number of pyridine rings is 1. The highest BCUT2D eigenvalue weighted by molar-refractivity contribution is 5.86. The van der Waals surface area contributed by atoms with Gasteiger partial charge in [-0.15, -0.1) is 0 Å².